The molecule has 1 aliphatic carbocycles. The number of amides is 1. The molecular weight excluding hydrogens is 208 g/mol. The molecule has 1 aliphatic rings. The van der Waals surface area contributed by atoms with Crippen LogP contribution in [0.15, 0.2) is 0 Å². The van der Waals surface area contributed by atoms with Gasteiger partial charge in [0.2, 0.25) is 5.91 Å². The van der Waals surface area contributed by atoms with Gasteiger partial charge in [0.15, 0.2) is 0 Å². The van der Waals surface area contributed by atoms with Gasteiger partial charge in [-0.3, -0.25) is 4.79 Å². The largest absolute Gasteiger partial charge is 0.353 e. The summed E-state index contributed by atoms with van der Waals surface area (Å²) in [5, 5.41) is 2.98. The van der Waals surface area contributed by atoms with Gasteiger partial charge < -0.3 is 11.1 Å². The lowest BCUT2D eigenvalue weighted by Gasteiger charge is -2.41. The first kappa shape index (κ1) is 12.8. The summed E-state index contributed by atoms with van der Waals surface area (Å²) in [4.78, 5) is 11.8. The lowest BCUT2D eigenvalue weighted by molar-refractivity contribution is -0.126. The maximum atomic E-state index is 11.8. The second kappa shape index (κ2) is 4.74. The van der Waals surface area contributed by atoms with Crippen molar-refractivity contribution < 1.29 is 4.79 Å². The zero-order valence-corrected chi connectivity index (χ0v) is 10.7. The third-order valence-corrected chi connectivity index (χ3v) is 4.94. The van der Waals surface area contributed by atoms with Crippen LogP contribution in [0, 0.1) is 0 Å². The van der Waals surface area contributed by atoms with Crippen molar-refractivity contribution >= 4 is 17.7 Å². The molecule has 1 atom stereocenters. The monoisotopic (exact) mass is 230 g/mol. The highest BCUT2D eigenvalue weighted by Gasteiger charge is 2.37. The molecule has 1 amide bonds. The number of carbonyl (C=O) groups excluding carboxylic acids is 1. The molecule has 15 heavy (non-hydrogen) atoms. The van der Waals surface area contributed by atoms with E-state index in [2.05, 4.69) is 11.6 Å². The molecule has 0 aliphatic heterocycles. The number of hydrogen-bond donors (Lipinski definition) is 2. The van der Waals surface area contributed by atoms with Crippen molar-refractivity contribution in [2.24, 2.45) is 5.73 Å². The van der Waals surface area contributed by atoms with E-state index in [0.29, 0.717) is 11.2 Å². The topological polar surface area (TPSA) is 55.1 Å². The summed E-state index contributed by atoms with van der Waals surface area (Å²) >= 11 is 1.86. The molecule has 0 spiro atoms. The number of carbonyl (C=O) groups is 1. The molecule has 0 bridgehead atoms. The van der Waals surface area contributed by atoms with Crippen LogP contribution in [0.4, 0.5) is 0 Å². The molecule has 0 aromatic rings. The van der Waals surface area contributed by atoms with E-state index in [0.717, 1.165) is 6.54 Å². The fourth-order valence-electron chi connectivity index (χ4n) is 1.63. The van der Waals surface area contributed by atoms with Gasteiger partial charge in [0.25, 0.3) is 0 Å². The molecule has 0 saturated heterocycles. The molecule has 0 aromatic heterocycles. The van der Waals surface area contributed by atoms with Crippen LogP contribution in [0.2, 0.25) is 0 Å². The molecule has 0 heterocycles. The van der Waals surface area contributed by atoms with E-state index in [1.807, 2.05) is 18.7 Å². The third-order valence-electron chi connectivity index (χ3n) is 3.52. The summed E-state index contributed by atoms with van der Waals surface area (Å²) < 4.78 is 0.291. The number of rotatable bonds is 5. The molecule has 4 heteroatoms. The minimum Gasteiger partial charge on any atom is -0.353 e. The van der Waals surface area contributed by atoms with Crippen molar-refractivity contribution in [2.45, 2.75) is 49.8 Å². The standard InChI is InChI=1S/C11H22N2OS/c1-4-10(2,12)9(14)13-8-11(15-3)6-5-7-11/h4-8,12H2,1-3H3,(H,13,14). The Morgan fingerprint density at radius 1 is 1.60 bits per heavy atom. The van der Waals surface area contributed by atoms with Crippen LogP contribution in [0.5, 0.6) is 0 Å². The third kappa shape index (κ3) is 2.88. The Morgan fingerprint density at radius 3 is 2.53 bits per heavy atom. The van der Waals surface area contributed by atoms with Gasteiger partial charge in [-0.25, -0.2) is 0 Å². The van der Waals surface area contributed by atoms with Crippen molar-refractivity contribution in [3.63, 3.8) is 0 Å². The molecule has 3 nitrogen and oxygen atoms in total. The number of nitrogens with two attached hydrogens (primary N) is 1. The van der Waals surface area contributed by atoms with Gasteiger partial charge in [0.1, 0.15) is 0 Å². The number of thioether (sulfide) groups is 1. The SMILES string of the molecule is CCC(C)(N)C(=O)NCC1(SC)CCC1. The van der Waals surface area contributed by atoms with Crippen molar-refractivity contribution in [1.82, 2.24) is 5.32 Å². The molecular formula is C11H22N2OS. The summed E-state index contributed by atoms with van der Waals surface area (Å²) in [6.45, 7) is 4.49. The zero-order chi connectivity index (χ0) is 11.5. The van der Waals surface area contributed by atoms with Gasteiger partial charge in [-0.2, -0.15) is 11.8 Å². The lowest BCUT2D eigenvalue weighted by atomic mass is 9.84. The average Bonchev–Trinajstić information content (AvgIpc) is 2.16. The minimum atomic E-state index is -0.719. The predicted molar refractivity (Wildman–Crippen MR) is 66.0 cm³/mol. The predicted octanol–water partition coefficient (Wildman–Crippen LogP) is 1.52. The van der Waals surface area contributed by atoms with Gasteiger partial charge in [-0.1, -0.05) is 13.3 Å². The Morgan fingerprint density at radius 2 is 2.20 bits per heavy atom. The van der Waals surface area contributed by atoms with Gasteiger partial charge in [-0.15, -0.1) is 0 Å². The van der Waals surface area contributed by atoms with Crippen molar-refractivity contribution in [3.05, 3.63) is 0 Å². The van der Waals surface area contributed by atoms with Crippen LogP contribution < -0.4 is 11.1 Å². The Bertz CT molecular complexity index is 231. The maximum absolute atomic E-state index is 11.8. The fraction of sp³-hybridized carbons (Fsp3) is 0.909. The van der Waals surface area contributed by atoms with Crippen LogP contribution in [0.1, 0.15) is 39.5 Å². The molecule has 1 rings (SSSR count). The van der Waals surface area contributed by atoms with Crippen molar-refractivity contribution in [2.75, 3.05) is 12.8 Å². The molecule has 88 valence electrons. The van der Waals surface area contributed by atoms with Crippen LogP contribution >= 0.6 is 11.8 Å². The molecule has 1 saturated carbocycles. The number of nitrogens with one attached hydrogen (secondary N) is 1. The Kier molecular flexibility index (Phi) is 4.06. The second-order valence-corrected chi connectivity index (χ2v) is 5.97. The minimum absolute atomic E-state index is 0.0228. The van der Waals surface area contributed by atoms with Crippen LogP contribution in [0.25, 0.3) is 0 Å². The molecule has 1 unspecified atom stereocenters. The average molecular weight is 230 g/mol. The Balaban J connectivity index is 2.40. The van der Waals surface area contributed by atoms with E-state index in [1.54, 1.807) is 6.92 Å². The normalized spacial score (nSPS) is 22.7. The first-order chi connectivity index (χ1) is 6.96. The summed E-state index contributed by atoms with van der Waals surface area (Å²) in [6.07, 6.45) is 6.49. The lowest BCUT2D eigenvalue weighted by Crippen LogP contribution is -2.55. The van der Waals surface area contributed by atoms with E-state index in [4.69, 9.17) is 5.73 Å². The van der Waals surface area contributed by atoms with Crippen LogP contribution in [0.3, 0.4) is 0 Å². The first-order valence-electron chi connectivity index (χ1n) is 5.58. The van der Waals surface area contributed by atoms with Gasteiger partial charge in [0.05, 0.1) is 5.54 Å². The Hall–Kier alpha value is -0.220. The summed E-state index contributed by atoms with van der Waals surface area (Å²) in [6, 6.07) is 0. The van der Waals surface area contributed by atoms with Crippen LogP contribution in [-0.4, -0.2) is 29.0 Å². The maximum Gasteiger partial charge on any atom is 0.239 e. The molecule has 0 radical (unpaired) electrons. The Labute approximate surface area is 96.6 Å². The summed E-state index contributed by atoms with van der Waals surface area (Å²) in [5.74, 6) is -0.0228. The first-order valence-corrected chi connectivity index (χ1v) is 6.80. The van der Waals surface area contributed by atoms with Crippen molar-refractivity contribution in [3.8, 4) is 0 Å². The van der Waals surface area contributed by atoms with E-state index >= 15 is 0 Å². The highest BCUT2D eigenvalue weighted by Crippen LogP contribution is 2.42. The van der Waals surface area contributed by atoms with E-state index < -0.39 is 5.54 Å². The quantitative estimate of drug-likeness (QED) is 0.753. The smallest absolute Gasteiger partial charge is 0.239 e. The van der Waals surface area contributed by atoms with Crippen LogP contribution in [-0.2, 0) is 4.79 Å². The van der Waals surface area contributed by atoms with E-state index in [9.17, 15) is 4.79 Å². The van der Waals surface area contributed by atoms with Gasteiger partial charge >= 0.3 is 0 Å². The zero-order valence-electron chi connectivity index (χ0n) is 9.93. The number of hydrogen-bond acceptors (Lipinski definition) is 3. The van der Waals surface area contributed by atoms with E-state index in [-0.39, 0.29) is 5.91 Å². The van der Waals surface area contributed by atoms with E-state index in [1.165, 1.54) is 19.3 Å². The fourth-order valence-corrected chi connectivity index (χ4v) is 2.54. The van der Waals surface area contributed by atoms with Crippen molar-refractivity contribution in [1.29, 1.82) is 0 Å². The summed E-state index contributed by atoms with van der Waals surface area (Å²) in [5.41, 5.74) is 5.15. The highest BCUT2D eigenvalue weighted by molar-refractivity contribution is 8.00. The second-order valence-electron chi connectivity index (χ2n) is 4.69. The highest BCUT2D eigenvalue weighted by atomic mass is 32.2. The van der Waals surface area contributed by atoms with Gasteiger partial charge in [-0.05, 0) is 32.4 Å². The molecule has 0 aromatic carbocycles. The summed E-state index contributed by atoms with van der Waals surface area (Å²) in [7, 11) is 0. The van der Waals surface area contributed by atoms with Gasteiger partial charge in [0, 0.05) is 11.3 Å². The molecule has 3 N–H and O–H groups in total. The molecule has 1 fully saturated rings.